The smallest absolute Gasteiger partial charge is 0.223 e. The molecule has 2 N–H and O–H groups in total. The third-order valence-electron chi connectivity index (χ3n) is 5.40. The SMILES string of the molecule is CC(C(=O)NC1(c2ccc(Cl)cc2)CCCCC1)C1CNC1. The van der Waals surface area contributed by atoms with Gasteiger partial charge in [0.2, 0.25) is 5.91 Å². The molecule has 2 fully saturated rings. The van der Waals surface area contributed by atoms with Gasteiger partial charge in [-0.3, -0.25) is 4.79 Å². The maximum atomic E-state index is 12.7. The Morgan fingerprint density at radius 3 is 2.41 bits per heavy atom. The fourth-order valence-corrected chi connectivity index (χ4v) is 3.76. The summed E-state index contributed by atoms with van der Waals surface area (Å²) in [5, 5.41) is 7.41. The van der Waals surface area contributed by atoms with Crippen molar-refractivity contribution in [2.45, 2.75) is 44.6 Å². The first-order valence-electron chi connectivity index (χ1n) is 8.39. The Kier molecular flexibility index (Phi) is 4.74. The van der Waals surface area contributed by atoms with Crippen LogP contribution in [0, 0.1) is 11.8 Å². The average Bonchev–Trinajstić information content (AvgIpc) is 2.47. The van der Waals surface area contributed by atoms with E-state index in [2.05, 4.69) is 29.7 Å². The van der Waals surface area contributed by atoms with Gasteiger partial charge in [0, 0.05) is 10.9 Å². The van der Waals surface area contributed by atoms with Crippen LogP contribution in [-0.2, 0) is 10.3 Å². The molecule has 0 radical (unpaired) electrons. The molecule has 0 bridgehead atoms. The molecule has 1 aliphatic carbocycles. The lowest BCUT2D eigenvalue weighted by Gasteiger charge is -2.41. The van der Waals surface area contributed by atoms with Crippen molar-refractivity contribution in [3.63, 3.8) is 0 Å². The van der Waals surface area contributed by atoms with Gasteiger partial charge in [0.15, 0.2) is 0 Å². The van der Waals surface area contributed by atoms with Crippen LogP contribution in [0.2, 0.25) is 5.02 Å². The molecule has 120 valence electrons. The predicted molar refractivity (Wildman–Crippen MR) is 89.9 cm³/mol. The fourth-order valence-electron chi connectivity index (χ4n) is 3.64. The summed E-state index contributed by atoms with van der Waals surface area (Å²) >= 11 is 6.03. The normalized spacial score (nSPS) is 22.6. The summed E-state index contributed by atoms with van der Waals surface area (Å²) in [5.74, 6) is 0.751. The second kappa shape index (κ2) is 6.59. The summed E-state index contributed by atoms with van der Waals surface area (Å²) < 4.78 is 0. The topological polar surface area (TPSA) is 41.1 Å². The lowest BCUT2D eigenvalue weighted by Crippen LogP contribution is -2.54. The van der Waals surface area contributed by atoms with E-state index in [1.807, 2.05) is 12.1 Å². The zero-order valence-corrected chi connectivity index (χ0v) is 14.0. The summed E-state index contributed by atoms with van der Waals surface area (Å²) in [6, 6.07) is 8.00. The number of rotatable bonds is 4. The Morgan fingerprint density at radius 1 is 1.23 bits per heavy atom. The van der Waals surface area contributed by atoms with Crippen LogP contribution in [0.1, 0.15) is 44.6 Å². The molecule has 1 heterocycles. The zero-order chi connectivity index (χ0) is 15.6. The van der Waals surface area contributed by atoms with Gasteiger partial charge in [-0.25, -0.2) is 0 Å². The van der Waals surface area contributed by atoms with E-state index >= 15 is 0 Å². The highest BCUT2D eigenvalue weighted by atomic mass is 35.5. The Morgan fingerprint density at radius 2 is 1.86 bits per heavy atom. The summed E-state index contributed by atoms with van der Waals surface area (Å²) in [7, 11) is 0. The van der Waals surface area contributed by atoms with E-state index in [0.29, 0.717) is 5.92 Å². The number of hydrogen-bond donors (Lipinski definition) is 2. The number of hydrogen-bond acceptors (Lipinski definition) is 2. The molecule has 1 unspecified atom stereocenters. The van der Waals surface area contributed by atoms with Crippen molar-refractivity contribution >= 4 is 17.5 Å². The van der Waals surface area contributed by atoms with Crippen molar-refractivity contribution in [1.29, 1.82) is 0 Å². The molecule has 1 amide bonds. The van der Waals surface area contributed by atoms with Crippen LogP contribution in [0.3, 0.4) is 0 Å². The molecule has 4 heteroatoms. The minimum Gasteiger partial charge on any atom is -0.346 e. The number of benzene rings is 1. The van der Waals surface area contributed by atoms with E-state index in [1.54, 1.807) is 0 Å². The number of carbonyl (C=O) groups is 1. The van der Waals surface area contributed by atoms with Crippen LogP contribution >= 0.6 is 11.6 Å². The maximum Gasteiger partial charge on any atom is 0.223 e. The van der Waals surface area contributed by atoms with Crippen LogP contribution in [0.5, 0.6) is 0 Å². The molecule has 1 saturated carbocycles. The van der Waals surface area contributed by atoms with Gasteiger partial charge >= 0.3 is 0 Å². The Balaban J connectivity index is 1.79. The van der Waals surface area contributed by atoms with E-state index in [1.165, 1.54) is 24.8 Å². The molecule has 1 atom stereocenters. The van der Waals surface area contributed by atoms with Crippen molar-refractivity contribution in [1.82, 2.24) is 10.6 Å². The van der Waals surface area contributed by atoms with Crippen LogP contribution < -0.4 is 10.6 Å². The summed E-state index contributed by atoms with van der Waals surface area (Å²) in [4.78, 5) is 12.7. The highest BCUT2D eigenvalue weighted by Crippen LogP contribution is 2.38. The molecule has 0 aromatic heterocycles. The van der Waals surface area contributed by atoms with Gasteiger partial charge in [-0.2, -0.15) is 0 Å². The summed E-state index contributed by atoms with van der Waals surface area (Å²) in [6.07, 6.45) is 5.64. The van der Waals surface area contributed by atoms with Gasteiger partial charge in [-0.15, -0.1) is 0 Å². The molecule has 22 heavy (non-hydrogen) atoms. The first-order chi connectivity index (χ1) is 10.6. The molecule has 3 nitrogen and oxygen atoms in total. The van der Waals surface area contributed by atoms with Crippen molar-refractivity contribution < 1.29 is 4.79 Å². The quantitative estimate of drug-likeness (QED) is 0.892. The molecule has 1 aromatic rings. The monoisotopic (exact) mass is 320 g/mol. The van der Waals surface area contributed by atoms with Crippen LogP contribution in [-0.4, -0.2) is 19.0 Å². The van der Waals surface area contributed by atoms with Crippen molar-refractivity contribution in [3.05, 3.63) is 34.9 Å². The van der Waals surface area contributed by atoms with E-state index in [0.717, 1.165) is 31.0 Å². The molecule has 1 aliphatic heterocycles. The number of carbonyl (C=O) groups excluding carboxylic acids is 1. The Hall–Kier alpha value is -1.06. The van der Waals surface area contributed by atoms with E-state index in [4.69, 9.17) is 11.6 Å². The van der Waals surface area contributed by atoms with E-state index in [-0.39, 0.29) is 17.4 Å². The lowest BCUT2D eigenvalue weighted by atomic mass is 9.76. The van der Waals surface area contributed by atoms with Crippen LogP contribution in [0.15, 0.2) is 24.3 Å². The molecule has 3 rings (SSSR count). The van der Waals surface area contributed by atoms with Crippen molar-refractivity contribution in [2.24, 2.45) is 11.8 Å². The average molecular weight is 321 g/mol. The zero-order valence-electron chi connectivity index (χ0n) is 13.2. The first-order valence-corrected chi connectivity index (χ1v) is 8.77. The summed E-state index contributed by atoms with van der Waals surface area (Å²) in [6.45, 7) is 3.98. The van der Waals surface area contributed by atoms with Crippen molar-refractivity contribution in [2.75, 3.05) is 13.1 Å². The third-order valence-corrected chi connectivity index (χ3v) is 5.65. The van der Waals surface area contributed by atoms with Gasteiger partial charge in [0.25, 0.3) is 0 Å². The highest BCUT2D eigenvalue weighted by Gasteiger charge is 2.38. The van der Waals surface area contributed by atoms with Gasteiger partial charge in [0.1, 0.15) is 0 Å². The van der Waals surface area contributed by atoms with Gasteiger partial charge in [-0.1, -0.05) is 49.9 Å². The standard InChI is InChI=1S/C18H25ClN2O/c1-13(14-11-20-12-14)17(22)21-18(9-3-2-4-10-18)15-5-7-16(19)8-6-15/h5-8,13-14,20H,2-4,9-12H2,1H3,(H,21,22). The lowest BCUT2D eigenvalue weighted by molar-refractivity contribution is -0.129. The van der Waals surface area contributed by atoms with E-state index in [9.17, 15) is 4.79 Å². The van der Waals surface area contributed by atoms with Crippen LogP contribution in [0.25, 0.3) is 0 Å². The van der Waals surface area contributed by atoms with Crippen molar-refractivity contribution in [3.8, 4) is 0 Å². The number of halogens is 1. The van der Waals surface area contributed by atoms with Crippen LogP contribution in [0.4, 0.5) is 0 Å². The fraction of sp³-hybridized carbons (Fsp3) is 0.611. The minimum atomic E-state index is -0.203. The van der Waals surface area contributed by atoms with E-state index < -0.39 is 0 Å². The third kappa shape index (κ3) is 3.16. The molecular formula is C18H25ClN2O. The first kappa shape index (κ1) is 15.8. The molecule has 1 aromatic carbocycles. The second-order valence-corrected chi connectivity index (χ2v) is 7.28. The number of amides is 1. The van der Waals surface area contributed by atoms with Gasteiger partial charge < -0.3 is 10.6 Å². The number of nitrogens with one attached hydrogen (secondary N) is 2. The van der Waals surface area contributed by atoms with Gasteiger partial charge in [-0.05, 0) is 49.5 Å². The summed E-state index contributed by atoms with van der Waals surface area (Å²) in [5.41, 5.74) is 0.995. The molecule has 1 saturated heterocycles. The molecular weight excluding hydrogens is 296 g/mol. The van der Waals surface area contributed by atoms with Gasteiger partial charge in [0.05, 0.1) is 5.54 Å². The molecule has 2 aliphatic rings. The predicted octanol–water partition coefficient (Wildman–Crippen LogP) is 3.47. The highest BCUT2D eigenvalue weighted by molar-refractivity contribution is 6.30. The molecule has 0 spiro atoms. The second-order valence-electron chi connectivity index (χ2n) is 6.85. The maximum absolute atomic E-state index is 12.7. The Labute approximate surface area is 137 Å². The Bertz CT molecular complexity index is 518. The largest absolute Gasteiger partial charge is 0.346 e. The minimum absolute atomic E-state index is 0.0763.